The van der Waals surface area contributed by atoms with E-state index in [0.717, 1.165) is 24.1 Å². The van der Waals surface area contributed by atoms with Crippen molar-refractivity contribution in [2.45, 2.75) is 45.3 Å². The van der Waals surface area contributed by atoms with Gasteiger partial charge in [-0.05, 0) is 44.2 Å². The average Bonchev–Trinajstić information content (AvgIpc) is 3.17. The molecule has 0 unspecified atom stereocenters. The van der Waals surface area contributed by atoms with E-state index in [4.69, 9.17) is 4.74 Å². The van der Waals surface area contributed by atoms with Crippen LogP contribution in [0.5, 0.6) is 5.88 Å². The molecule has 0 spiro atoms. The Morgan fingerprint density at radius 2 is 2.22 bits per heavy atom. The minimum atomic E-state index is -0.120. The summed E-state index contributed by atoms with van der Waals surface area (Å²) in [6, 6.07) is 3.78. The second kappa shape index (κ2) is 6.81. The average molecular weight is 314 g/mol. The molecule has 122 valence electrons. The van der Waals surface area contributed by atoms with Crippen molar-refractivity contribution >= 4 is 5.91 Å². The summed E-state index contributed by atoms with van der Waals surface area (Å²) in [7, 11) is 1.82. The fraction of sp³-hybridized carbons (Fsp3) is 0.471. The highest BCUT2D eigenvalue weighted by atomic mass is 16.5. The Bertz CT molecular complexity index is 690. The van der Waals surface area contributed by atoms with E-state index in [0.29, 0.717) is 18.0 Å². The lowest BCUT2D eigenvalue weighted by atomic mass is 10.2. The normalized spacial score (nSPS) is 14.9. The third kappa shape index (κ3) is 3.70. The van der Waals surface area contributed by atoms with Gasteiger partial charge in [0.15, 0.2) is 0 Å². The summed E-state index contributed by atoms with van der Waals surface area (Å²) in [5.74, 6) is 0.520. The molecule has 0 bridgehead atoms. The molecule has 23 heavy (non-hydrogen) atoms. The summed E-state index contributed by atoms with van der Waals surface area (Å²) >= 11 is 0. The van der Waals surface area contributed by atoms with Crippen LogP contribution in [0.15, 0.2) is 24.5 Å². The molecule has 0 atom stereocenters. The Morgan fingerprint density at radius 1 is 1.43 bits per heavy atom. The van der Waals surface area contributed by atoms with Gasteiger partial charge in [-0.25, -0.2) is 4.98 Å². The van der Waals surface area contributed by atoms with Crippen LogP contribution in [0.25, 0.3) is 0 Å². The van der Waals surface area contributed by atoms with E-state index < -0.39 is 0 Å². The molecule has 1 aliphatic carbocycles. The van der Waals surface area contributed by atoms with Gasteiger partial charge in [0.1, 0.15) is 6.10 Å². The molecule has 0 aliphatic heterocycles. The Hall–Kier alpha value is -2.37. The lowest BCUT2D eigenvalue weighted by Crippen LogP contribution is -2.23. The van der Waals surface area contributed by atoms with Crippen LogP contribution in [0.1, 0.15) is 47.3 Å². The summed E-state index contributed by atoms with van der Waals surface area (Å²) in [5, 5.41) is 7.00. The third-order valence-corrected chi connectivity index (χ3v) is 4.32. The van der Waals surface area contributed by atoms with Crippen LogP contribution in [0.2, 0.25) is 0 Å². The van der Waals surface area contributed by atoms with Gasteiger partial charge >= 0.3 is 0 Å². The summed E-state index contributed by atoms with van der Waals surface area (Å²) in [6.07, 6.45) is 8.25. The molecule has 1 N–H and O–H groups in total. The molecule has 1 saturated carbocycles. The zero-order valence-electron chi connectivity index (χ0n) is 13.6. The van der Waals surface area contributed by atoms with Gasteiger partial charge in [-0.2, -0.15) is 5.10 Å². The van der Waals surface area contributed by atoms with Gasteiger partial charge in [0, 0.05) is 31.5 Å². The number of hydrogen-bond donors (Lipinski definition) is 1. The quantitative estimate of drug-likeness (QED) is 0.920. The smallest absolute Gasteiger partial charge is 0.255 e. The maximum Gasteiger partial charge on any atom is 0.255 e. The van der Waals surface area contributed by atoms with Crippen molar-refractivity contribution in [3.63, 3.8) is 0 Å². The minimum absolute atomic E-state index is 0.120. The summed E-state index contributed by atoms with van der Waals surface area (Å²) < 4.78 is 7.58. The number of amides is 1. The minimum Gasteiger partial charge on any atom is -0.474 e. The van der Waals surface area contributed by atoms with Crippen LogP contribution in [0.4, 0.5) is 0 Å². The fourth-order valence-electron chi connectivity index (χ4n) is 2.80. The third-order valence-electron chi connectivity index (χ3n) is 4.32. The number of nitrogens with one attached hydrogen (secondary N) is 1. The molecule has 1 aliphatic rings. The Balaban J connectivity index is 1.59. The first-order valence-electron chi connectivity index (χ1n) is 8.02. The van der Waals surface area contributed by atoms with Crippen molar-refractivity contribution in [2.24, 2.45) is 7.05 Å². The van der Waals surface area contributed by atoms with Gasteiger partial charge in [0.25, 0.3) is 5.91 Å². The van der Waals surface area contributed by atoms with E-state index in [2.05, 4.69) is 15.4 Å². The molecule has 6 nitrogen and oxygen atoms in total. The topological polar surface area (TPSA) is 69.0 Å². The number of carbonyl (C=O) groups excluding carboxylic acids is 1. The number of ether oxygens (including phenoxy) is 1. The zero-order chi connectivity index (χ0) is 16.2. The maximum absolute atomic E-state index is 12.2. The van der Waals surface area contributed by atoms with Crippen molar-refractivity contribution < 1.29 is 9.53 Å². The lowest BCUT2D eigenvalue weighted by molar-refractivity contribution is 0.0950. The molecule has 1 amide bonds. The number of aryl methyl sites for hydroxylation is 1. The highest BCUT2D eigenvalue weighted by Gasteiger charge is 2.17. The van der Waals surface area contributed by atoms with Gasteiger partial charge in [0.2, 0.25) is 5.88 Å². The van der Waals surface area contributed by atoms with Gasteiger partial charge in [-0.15, -0.1) is 0 Å². The second-order valence-electron chi connectivity index (χ2n) is 5.98. The first kappa shape index (κ1) is 15.5. The van der Waals surface area contributed by atoms with Gasteiger partial charge in [-0.1, -0.05) is 0 Å². The Kier molecular flexibility index (Phi) is 4.60. The number of aromatic nitrogens is 3. The standard InChI is InChI=1S/C17H22N4O2/c1-12-15(11-20-21(12)2)17(22)19-10-13-7-8-18-16(9-13)23-14-5-3-4-6-14/h7-9,11,14H,3-6,10H2,1-2H3,(H,19,22). The van der Waals surface area contributed by atoms with Crippen LogP contribution in [0, 0.1) is 6.92 Å². The van der Waals surface area contributed by atoms with Crippen LogP contribution < -0.4 is 10.1 Å². The number of nitrogens with zero attached hydrogens (tertiary/aromatic N) is 3. The van der Waals surface area contributed by atoms with Crippen molar-refractivity contribution in [1.82, 2.24) is 20.1 Å². The number of rotatable bonds is 5. The molecular weight excluding hydrogens is 292 g/mol. The molecule has 2 heterocycles. The van der Waals surface area contributed by atoms with Gasteiger partial charge < -0.3 is 10.1 Å². The molecule has 1 fully saturated rings. The van der Waals surface area contributed by atoms with E-state index in [1.807, 2.05) is 26.1 Å². The lowest BCUT2D eigenvalue weighted by Gasteiger charge is -2.13. The fourth-order valence-corrected chi connectivity index (χ4v) is 2.80. The molecular formula is C17H22N4O2. The van der Waals surface area contributed by atoms with E-state index in [9.17, 15) is 4.79 Å². The molecule has 6 heteroatoms. The van der Waals surface area contributed by atoms with Crippen molar-refractivity contribution in [2.75, 3.05) is 0 Å². The van der Waals surface area contributed by atoms with Gasteiger partial charge in [-0.3, -0.25) is 9.48 Å². The van der Waals surface area contributed by atoms with E-state index >= 15 is 0 Å². The molecule has 3 rings (SSSR count). The van der Waals surface area contributed by atoms with Crippen molar-refractivity contribution in [3.8, 4) is 5.88 Å². The Morgan fingerprint density at radius 3 is 2.91 bits per heavy atom. The summed E-state index contributed by atoms with van der Waals surface area (Å²) in [6.45, 7) is 2.32. The van der Waals surface area contributed by atoms with Crippen LogP contribution >= 0.6 is 0 Å². The zero-order valence-corrected chi connectivity index (χ0v) is 13.6. The van der Waals surface area contributed by atoms with E-state index in [-0.39, 0.29) is 12.0 Å². The highest BCUT2D eigenvalue weighted by Crippen LogP contribution is 2.23. The predicted molar refractivity (Wildman–Crippen MR) is 86.2 cm³/mol. The molecule has 0 saturated heterocycles. The van der Waals surface area contributed by atoms with E-state index in [1.54, 1.807) is 17.1 Å². The van der Waals surface area contributed by atoms with Crippen LogP contribution in [-0.2, 0) is 13.6 Å². The number of carbonyl (C=O) groups is 1. The first-order valence-corrected chi connectivity index (χ1v) is 8.02. The van der Waals surface area contributed by atoms with Crippen molar-refractivity contribution in [1.29, 1.82) is 0 Å². The number of hydrogen-bond acceptors (Lipinski definition) is 4. The molecule has 2 aromatic heterocycles. The Labute approximate surface area is 135 Å². The van der Waals surface area contributed by atoms with Crippen LogP contribution in [-0.4, -0.2) is 26.8 Å². The number of pyridine rings is 1. The summed E-state index contributed by atoms with van der Waals surface area (Å²) in [4.78, 5) is 16.5. The van der Waals surface area contributed by atoms with E-state index in [1.165, 1.54) is 12.8 Å². The highest BCUT2D eigenvalue weighted by molar-refractivity contribution is 5.94. The first-order chi connectivity index (χ1) is 11.1. The second-order valence-corrected chi connectivity index (χ2v) is 5.98. The monoisotopic (exact) mass is 314 g/mol. The van der Waals surface area contributed by atoms with Crippen LogP contribution in [0.3, 0.4) is 0 Å². The molecule has 2 aromatic rings. The molecule has 0 aromatic carbocycles. The molecule has 0 radical (unpaired) electrons. The predicted octanol–water partition coefficient (Wildman–Crippen LogP) is 2.37. The summed E-state index contributed by atoms with van der Waals surface area (Å²) in [5.41, 5.74) is 2.43. The SMILES string of the molecule is Cc1c(C(=O)NCc2ccnc(OC3CCCC3)c2)cnn1C. The van der Waals surface area contributed by atoms with Gasteiger partial charge in [0.05, 0.1) is 11.8 Å². The largest absolute Gasteiger partial charge is 0.474 e. The van der Waals surface area contributed by atoms with Crippen molar-refractivity contribution in [3.05, 3.63) is 41.3 Å². The maximum atomic E-state index is 12.2.